The number of anilines is 2. The molecule has 0 amide bonds. The summed E-state index contributed by atoms with van der Waals surface area (Å²) in [6, 6.07) is 3.77. The van der Waals surface area contributed by atoms with Gasteiger partial charge in [-0.15, -0.1) is 11.3 Å². The quantitative estimate of drug-likeness (QED) is 0.228. The number of halogens is 5. The first kappa shape index (κ1) is 31.4. The fourth-order valence-corrected chi connectivity index (χ4v) is 9.16. The third kappa shape index (κ3) is 4.77. The molecule has 2 N–H and O–H groups in total. The molecule has 2 aromatic heterocycles. The minimum Gasteiger partial charge on any atom is -0.489 e. The van der Waals surface area contributed by atoms with Gasteiger partial charge in [-0.2, -0.15) is 24.0 Å². The van der Waals surface area contributed by atoms with Crippen molar-refractivity contribution >= 4 is 54.7 Å². The van der Waals surface area contributed by atoms with E-state index in [9.17, 15) is 18.4 Å². The Morgan fingerprint density at radius 1 is 1.25 bits per heavy atom. The first-order valence-corrected chi connectivity index (χ1v) is 16.8. The van der Waals surface area contributed by atoms with Crippen molar-refractivity contribution in [3.8, 4) is 29.0 Å². The van der Waals surface area contributed by atoms with E-state index in [4.69, 9.17) is 36.5 Å². The normalized spacial score (nSPS) is 23.9. The van der Waals surface area contributed by atoms with Crippen LogP contribution in [0.5, 0.6) is 11.8 Å². The van der Waals surface area contributed by atoms with Gasteiger partial charge in [-0.25, -0.2) is 8.78 Å². The molecule has 2 aromatic carbocycles. The second-order valence-corrected chi connectivity index (χ2v) is 14.4. The molecule has 4 aromatic rings. The molecule has 1 unspecified atom stereocenters. The molecule has 9 nitrogen and oxygen atoms in total. The Balaban J connectivity index is 1.36. The molecular formula is C33H29ClF4N6O3S. The van der Waals surface area contributed by atoms with Crippen molar-refractivity contribution < 1.29 is 31.8 Å². The van der Waals surface area contributed by atoms with Gasteiger partial charge in [0.15, 0.2) is 11.6 Å². The van der Waals surface area contributed by atoms with E-state index in [2.05, 4.69) is 16.8 Å². The Kier molecular flexibility index (Phi) is 7.59. The van der Waals surface area contributed by atoms with Gasteiger partial charge in [-0.1, -0.05) is 24.6 Å². The number of fused-ring (bicyclic) bond motifs is 4. The Morgan fingerprint density at radius 2 is 2.08 bits per heavy atom. The lowest BCUT2D eigenvalue weighted by Crippen LogP contribution is -2.44. The summed E-state index contributed by atoms with van der Waals surface area (Å²) in [5.74, 6) is -0.907. The topological polar surface area (TPSA) is 110 Å². The maximum absolute atomic E-state index is 17.2. The lowest BCUT2D eigenvalue weighted by molar-refractivity contribution is 0.107. The summed E-state index contributed by atoms with van der Waals surface area (Å²) in [4.78, 5) is 13.3. The SMILES string of the molecule is C[C@H]1CN2CCC[C@@]2(COc2nc3c4c(c(Cl)c(-c5ccc(F)c6sc(N)c(C#N)c56)c(F)c4n2)OCC2COCC(=C(F)F)CN32)C1. The number of benzene rings is 2. The van der Waals surface area contributed by atoms with Gasteiger partial charge in [0, 0.05) is 29.6 Å². The Labute approximate surface area is 281 Å². The van der Waals surface area contributed by atoms with Crippen LogP contribution in [-0.4, -0.2) is 72.5 Å². The molecule has 15 heteroatoms. The van der Waals surface area contributed by atoms with Gasteiger partial charge in [0.05, 0.1) is 45.5 Å². The number of rotatable bonds is 4. The summed E-state index contributed by atoms with van der Waals surface area (Å²) in [6.45, 7) is 3.80. The van der Waals surface area contributed by atoms with Gasteiger partial charge in [-0.05, 0) is 43.4 Å². The number of aromatic nitrogens is 2. The van der Waals surface area contributed by atoms with Crippen molar-refractivity contribution in [3.05, 3.63) is 46.0 Å². The van der Waals surface area contributed by atoms with E-state index < -0.39 is 23.8 Å². The van der Waals surface area contributed by atoms with Crippen molar-refractivity contribution in [2.24, 2.45) is 5.92 Å². The molecule has 3 atom stereocenters. The lowest BCUT2D eigenvalue weighted by atomic mass is 9.92. The first-order chi connectivity index (χ1) is 23.1. The van der Waals surface area contributed by atoms with Crippen LogP contribution in [0.4, 0.5) is 28.4 Å². The predicted octanol–water partition coefficient (Wildman–Crippen LogP) is 6.90. The van der Waals surface area contributed by atoms with E-state index in [0.717, 1.165) is 49.8 Å². The van der Waals surface area contributed by atoms with Gasteiger partial charge in [-0.3, -0.25) is 4.90 Å². The number of hydrogen-bond donors (Lipinski definition) is 1. The number of nitrogens with zero attached hydrogens (tertiary/aromatic N) is 5. The first-order valence-electron chi connectivity index (χ1n) is 15.6. The highest BCUT2D eigenvalue weighted by Gasteiger charge is 2.48. The van der Waals surface area contributed by atoms with Crippen LogP contribution in [0.2, 0.25) is 5.02 Å². The fourth-order valence-electron chi connectivity index (χ4n) is 7.88. The zero-order valence-electron chi connectivity index (χ0n) is 25.7. The van der Waals surface area contributed by atoms with Crippen molar-refractivity contribution in [2.45, 2.75) is 37.8 Å². The maximum Gasteiger partial charge on any atom is 0.319 e. The van der Waals surface area contributed by atoms with E-state index in [-0.39, 0.29) is 109 Å². The summed E-state index contributed by atoms with van der Waals surface area (Å²) in [5, 5.41) is 10.0. The van der Waals surface area contributed by atoms with E-state index in [0.29, 0.717) is 5.92 Å². The molecule has 6 heterocycles. The van der Waals surface area contributed by atoms with E-state index in [1.807, 2.05) is 6.07 Å². The molecule has 0 aliphatic carbocycles. The minimum absolute atomic E-state index is 0.0106. The highest BCUT2D eigenvalue weighted by atomic mass is 35.5. The molecule has 250 valence electrons. The largest absolute Gasteiger partial charge is 0.489 e. The van der Waals surface area contributed by atoms with Crippen molar-refractivity contribution in [3.63, 3.8) is 0 Å². The van der Waals surface area contributed by atoms with Gasteiger partial charge < -0.3 is 24.8 Å². The number of ether oxygens (including phenoxy) is 3. The maximum atomic E-state index is 17.2. The molecule has 48 heavy (non-hydrogen) atoms. The molecule has 0 spiro atoms. The fraction of sp³-hybridized carbons (Fsp3) is 0.424. The highest BCUT2D eigenvalue weighted by Crippen LogP contribution is 2.51. The summed E-state index contributed by atoms with van der Waals surface area (Å²) >= 11 is 7.85. The lowest BCUT2D eigenvalue weighted by Gasteiger charge is -2.32. The Hall–Kier alpha value is -3.90. The molecule has 0 radical (unpaired) electrons. The molecule has 0 bridgehead atoms. The van der Waals surface area contributed by atoms with Gasteiger partial charge in [0.2, 0.25) is 0 Å². The van der Waals surface area contributed by atoms with Crippen LogP contribution in [-0.2, 0) is 4.74 Å². The van der Waals surface area contributed by atoms with Crippen molar-refractivity contribution in [1.29, 1.82) is 5.26 Å². The number of hydrogen-bond acceptors (Lipinski definition) is 10. The minimum atomic E-state index is -1.87. The highest BCUT2D eigenvalue weighted by molar-refractivity contribution is 7.23. The van der Waals surface area contributed by atoms with Gasteiger partial charge >= 0.3 is 6.01 Å². The molecule has 3 saturated heterocycles. The molecule has 0 saturated carbocycles. The predicted molar refractivity (Wildman–Crippen MR) is 174 cm³/mol. The smallest absolute Gasteiger partial charge is 0.319 e. The van der Waals surface area contributed by atoms with Gasteiger partial charge in [0.25, 0.3) is 6.08 Å². The van der Waals surface area contributed by atoms with Crippen LogP contribution in [0, 0.1) is 28.9 Å². The van der Waals surface area contributed by atoms with E-state index in [1.165, 1.54) is 6.07 Å². The van der Waals surface area contributed by atoms with Crippen LogP contribution in [0.3, 0.4) is 0 Å². The van der Waals surface area contributed by atoms with E-state index >= 15 is 4.39 Å². The number of nitrogens with two attached hydrogens (primary N) is 1. The molecule has 4 aliphatic rings. The van der Waals surface area contributed by atoms with Crippen LogP contribution >= 0.6 is 22.9 Å². The third-order valence-electron chi connectivity index (χ3n) is 9.96. The van der Waals surface area contributed by atoms with Crippen molar-refractivity contribution in [1.82, 2.24) is 14.9 Å². The van der Waals surface area contributed by atoms with Crippen LogP contribution in [0.1, 0.15) is 31.7 Å². The number of nitriles is 1. The zero-order chi connectivity index (χ0) is 33.5. The summed E-state index contributed by atoms with van der Waals surface area (Å²) in [5.41, 5.74) is 5.34. The van der Waals surface area contributed by atoms with Crippen LogP contribution < -0.4 is 20.1 Å². The summed E-state index contributed by atoms with van der Waals surface area (Å²) in [6.07, 6.45) is 1.02. The van der Waals surface area contributed by atoms with Crippen LogP contribution in [0.25, 0.3) is 32.1 Å². The second kappa shape index (κ2) is 11.6. The zero-order valence-corrected chi connectivity index (χ0v) is 27.3. The molecule has 4 aliphatic heterocycles. The average molecular weight is 701 g/mol. The standard InChI is InChI=1S/C33H29ClF4N6O3S/c1-15-7-33(5-2-6-43(33)9-15)14-47-32-41-26-23-27(46-13-17-12-45-11-16(29(37)38)10-44(17)31(23)42-32)24(34)22(25(26)36)18-3-4-20(35)28-21(18)19(8-39)30(40)48-28/h3-4,15,17H,2,5-7,9-14,40H2,1H3/t15-,17?,33+/m1/s1. The third-order valence-corrected chi connectivity index (χ3v) is 11.3. The van der Waals surface area contributed by atoms with Crippen molar-refractivity contribution in [2.75, 3.05) is 56.7 Å². The molecular weight excluding hydrogens is 672 g/mol. The summed E-state index contributed by atoms with van der Waals surface area (Å²) in [7, 11) is 0. The second-order valence-electron chi connectivity index (χ2n) is 13.0. The molecule has 3 fully saturated rings. The van der Waals surface area contributed by atoms with E-state index in [1.54, 1.807) is 4.90 Å². The Morgan fingerprint density at radius 3 is 2.88 bits per heavy atom. The number of thiophene rings is 1. The Bertz CT molecular complexity index is 2080. The van der Waals surface area contributed by atoms with Crippen LogP contribution in [0.15, 0.2) is 23.8 Å². The van der Waals surface area contributed by atoms with Gasteiger partial charge in [0.1, 0.15) is 41.4 Å². The molecule has 8 rings (SSSR count). The number of nitrogen functional groups attached to an aromatic ring is 1. The summed E-state index contributed by atoms with van der Waals surface area (Å²) < 4.78 is 78.4. The average Bonchev–Trinajstić information content (AvgIpc) is 3.59. The monoisotopic (exact) mass is 700 g/mol.